The first-order valence-electron chi connectivity index (χ1n) is 9.05. The molecule has 1 aliphatic heterocycles. The lowest BCUT2D eigenvalue weighted by molar-refractivity contribution is -0.132. The smallest absolute Gasteiger partial charge is 0.343 e. The van der Waals surface area contributed by atoms with Gasteiger partial charge in [-0.2, -0.15) is 10.2 Å². The third-order valence-corrected chi connectivity index (χ3v) is 5.15. The summed E-state index contributed by atoms with van der Waals surface area (Å²) >= 11 is 0. The van der Waals surface area contributed by atoms with Crippen LogP contribution < -0.4 is 5.69 Å². The summed E-state index contributed by atoms with van der Waals surface area (Å²) in [4.78, 5) is 29.3. The number of piperidine rings is 1. The summed E-state index contributed by atoms with van der Waals surface area (Å²) in [6.07, 6.45) is 6.85. The zero-order valence-corrected chi connectivity index (χ0v) is 14.5. The van der Waals surface area contributed by atoms with E-state index in [0.717, 1.165) is 37.2 Å². The van der Waals surface area contributed by atoms with Crippen LogP contribution in [0.3, 0.4) is 0 Å². The molecular weight excluding hydrogens is 320 g/mol. The van der Waals surface area contributed by atoms with Gasteiger partial charge in [-0.15, -0.1) is 0 Å². The Morgan fingerprint density at radius 2 is 2.00 bits per heavy atom. The average Bonchev–Trinajstić information content (AvgIpc) is 3.27. The van der Waals surface area contributed by atoms with E-state index in [1.165, 1.54) is 0 Å². The van der Waals surface area contributed by atoms with Gasteiger partial charge in [0.05, 0.1) is 11.7 Å². The van der Waals surface area contributed by atoms with Gasteiger partial charge in [0.15, 0.2) is 0 Å². The Balaban J connectivity index is 1.30. The number of carbonyl (C=O) groups is 1. The molecule has 0 unspecified atom stereocenters. The molecular formula is C17H24N6O2. The molecule has 0 aromatic carbocycles. The molecule has 2 aromatic rings. The van der Waals surface area contributed by atoms with E-state index < -0.39 is 0 Å². The van der Waals surface area contributed by atoms with Crippen molar-refractivity contribution in [3.63, 3.8) is 0 Å². The number of aromatic amines is 1. The second-order valence-electron chi connectivity index (χ2n) is 7.13. The third kappa shape index (κ3) is 3.52. The molecule has 8 nitrogen and oxygen atoms in total. The number of aryl methyl sites for hydroxylation is 2. The van der Waals surface area contributed by atoms with Crippen LogP contribution in [-0.2, 0) is 18.3 Å². The van der Waals surface area contributed by atoms with Gasteiger partial charge in [0.2, 0.25) is 5.91 Å². The van der Waals surface area contributed by atoms with E-state index in [1.54, 1.807) is 9.36 Å². The van der Waals surface area contributed by atoms with Crippen LogP contribution in [-0.4, -0.2) is 48.4 Å². The zero-order chi connectivity index (χ0) is 17.4. The Bertz CT molecular complexity index is 807. The van der Waals surface area contributed by atoms with Crippen molar-refractivity contribution in [3.8, 4) is 0 Å². The first-order valence-corrected chi connectivity index (χ1v) is 9.05. The molecule has 1 saturated carbocycles. The van der Waals surface area contributed by atoms with Gasteiger partial charge >= 0.3 is 5.69 Å². The van der Waals surface area contributed by atoms with Gasteiger partial charge in [-0.05, 0) is 31.7 Å². The normalized spacial score (nSPS) is 18.7. The van der Waals surface area contributed by atoms with Gasteiger partial charge in [-0.3, -0.25) is 14.5 Å². The number of hydrogen-bond acceptors (Lipinski definition) is 4. The van der Waals surface area contributed by atoms with E-state index in [-0.39, 0.29) is 17.6 Å². The maximum atomic E-state index is 12.4. The first-order chi connectivity index (χ1) is 12.1. The van der Waals surface area contributed by atoms with Crippen molar-refractivity contribution < 1.29 is 4.79 Å². The quantitative estimate of drug-likeness (QED) is 0.876. The Morgan fingerprint density at radius 3 is 2.64 bits per heavy atom. The van der Waals surface area contributed by atoms with E-state index in [9.17, 15) is 9.59 Å². The van der Waals surface area contributed by atoms with Crippen LogP contribution in [0.5, 0.6) is 0 Å². The topological polar surface area (TPSA) is 88.8 Å². The molecule has 1 saturated heterocycles. The summed E-state index contributed by atoms with van der Waals surface area (Å²) in [5.74, 6) is 1.44. The maximum Gasteiger partial charge on any atom is 0.343 e. The molecule has 134 valence electrons. The van der Waals surface area contributed by atoms with Gasteiger partial charge in [-0.1, -0.05) is 0 Å². The van der Waals surface area contributed by atoms with Crippen LogP contribution in [0.25, 0.3) is 0 Å². The number of nitrogens with one attached hydrogen (secondary N) is 1. The number of aromatic nitrogens is 5. The Labute approximate surface area is 145 Å². The number of amides is 1. The van der Waals surface area contributed by atoms with Crippen molar-refractivity contribution in [3.05, 3.63) is 34.3 Å². The summed E-state index contributed by atoms with van der Waals surface area (Å²) in [5, 5.41) is 8.79. The predicted octanol–water partition coefficient (Wildman–Crippen LogP) is 0.979. The molecule has 3 heterocycles. The summed E-state index contributed by atoms with van der Waals surface area (Å²) < 4.78 is 3.35. The van der Waals surface area contributed by atoms with Crippen LogP contribution in [0.4, 0.5) is 0 Å². The number of carbonyl (C=O) groups excluding carboxylic acids is 1. The molecule has 1 aliphatic carbocycles. The number of nitrogens with zero attached hydrogens (tertiary/aromatic N) is 5. The second kappa shape index (κ2) is 6.50. The Hall–Kier alpha value is -2.38. The highest BCUT2D eigenvalue weighted by atomic mass is 16.2. The lowest BCUT2D eigenvalue weighted by atomic mass is 10.0. The van der Waals surface area contributed by atoms with Gasteiger partial charge in [0.1, 0.15) is 5.82 Å². The molecule has 2 aliphatic rings. The molecule has 25 heavy (non-hydrogen) atoms. The molecule has 0 bridgehead atoms. The molecule has 0 radical (unpaired) electrons. The van der Waals surface area contributed by atoms with Crippen LogP contribution in [0.2, 0.25) is 0 Å². The van der Waals surface area contributed by atoms with Crippen molar-refractivity contribution in [2.75, 3.05) is 13.1 Å². The van der Waals surface area contributed by atoms with Gasteiger partial charge < -0.3 is 4.90 Å². The van der Waals surface area contributed by atoms with E-state index in [1.807, 2.05) is 24.2 Å². The van der Waals surface area contributed by atoms with Crippen LogP contribution in [0.15, 0.2) is 17.1 Å². The lowest BCUT2D eigenvalue weighted by Crippen LogP contribution is -2.40. The number of H-pyrrole nitrogens is 1. The number of hydrogen-bond donors (Lipinski definition) is 1. The lowest BCUT2D eigenvalue weighted by Gasteiger charge is -2.31. The van der Waals surface area contributed by atoms with Gasteiger partial charge in [0, 0.05) is 45.1 Å². The van der Waals surface area contributed by atoms with Crippen molar-refractivity contribution in [2.45, 2.75) is 50.5 Å². The molecule has 2 fully saturated rings. The van der Waals surface area contributed by atoms with Crippen molar-refractivity contribution in [1.29, 1.82) is 0 Å². The highest BCUT2D eigenvalue weighted by Crippen LogP contribution is 2.37. The molecule has 0 atom stereocenters. The Kier molecular flexibility index (Phi) is 4.19. The van der Waals surface area contributed by atoms with E-state index in [4.69, 9.17) is 0 Å². The summed E-state index contributed by atoms with van der Waals surface area (Å²) in [6.45, 7) is 1.37. The fourth-order valence-corrected chi connectivity index (χ4v) is 3.49. The first kappa shape index (κ1) is 16.1. The van der Waals surface area contributed by atoms with Crippen molar-refractivity contribution in [1.82, 2.24) is 29.4 Å². The third-order valence-electron chi connectivity index (χ3n) is 5.15. The SMILES string of the molecule is Cn1ccc(CCC(=O)N2CCC(n3nc(C4CC4)[nH]c3=O)CC2)n1. The fourth-order valence-electron chi connectivity index (χ4n) is 3.49. The maximum absolute atomic E-state index is 12.4. The molecule has 0 spiro atoms. The van der Waals surface area contributed by atoms with Crippen molar-refractivity contribution >= 4 is 5.91 Å². The van der Waals surface area contributed by atoms with Gasteiger partial charge in [-0.25, -0.2) is 9.48 Å². The largest absolute Gasteiger partial charge is 0.343 e. The van der Waals surface area contributed by atoms with Crippen LogP contribution in [0.1, 0.15) is 55.6 Å². The average molecular weight is 344 g/mol. The highest BCUT2D eigenvalue weighted by Gasteiger charge is 2.30. The monoisotopic (exact) mass is 344 g/mol. The molecule has 1 amide bonds. The Morgan fingerprint density at radius 1 is 1.24 bits per heavy atom. The predicted molar refractivity (Wildman–Crippen MR) is 91.2 cm³/mol. The van der Waals surface area contributed by atoms with Gasteiger partial charge in [0.25, 0.3) is 0 Å². The highest BCUT2D eigenvalue weighted by molar-refractivity contribution is 5.76. The minimum atomic E-state index is -0.109. The summed E-state index contributed by atoms with van der Waals surface area (Å²) in [7, 11) is 1.88. The van der Waals surface area contributed by atoms with Crippen LogP contribution >= 0.6 is 0 Å². The van der Waals surface area contributed by atoms with E-state index >= 15 is 0 Å². The zero-order valence-electron chi connectivity index (χ0n) is 14.5. The summed E-state index contributed by atoms with van der Waals surface area (Å²) in [6, 6.07) is 2.04. The van der Waals surface area contributed by atoms with E-state index in [0.29, 0.717) is 31.8 Å². The minimum Gasteiger partial charge on any atom is -0.343 e. The standard InChI is InChI=1S/C17H24N6O2/c1-21-9-6-13(19-21)4-5-15(24)22-10-7-14(8-11-22)23-17(25)18-16(20-23)12-2-3-12/h6,9,12,14H,2-5,7-8,10-11H2,1H3,(H,18,20,25). The summed E-state index contributed by atoms with van der Waals surface area (Å²) in [5.41, 5.74) is 0.836. The number of likely N-dealkylation sites (tertiary alicyclic amines) is 1. The molecule has 2 aromatic heterocycles. The second-order valence-corrected chi connectivity index (χ2v) is 7.13. The molecule has 8 heteroatoms. The fraction of sp³-hybridized carbons (Fsp3) is 0.647. The van der Waals surface area contributed by atoms with E-state index in [2.05, 4.69) is 15.2 Å². The van der Waals surface area contributed by atoms with Crippen LogP contribution in [0, 0.1) is 0 Å². The minimum absolute atomic E-state index is 0.0936. The number of rotatable bonds is 5. The molecule has 4 rings (SSSR count). The molecule has 1 N–H and O–H groups in total. The van der Waals surface area contributed by atoms with Crippen molar-refractivity contribution in [2.24, 2.45) is 7.05 Å².